The maximum absolute atomic E-state index is 8.95. The van der Waals surface area contributed by atoms with Crippen LogP contribution in [0.1, 0.15) is 24.6 Å². The zero-order valence-electron chi connectivity index (χ0n) is 10.1. The summed E-state index contributed by atoms with van der Waals surface area (Å²) in [6.45, 7) is 6.24. The molecule has 88 valence electrons. The molecular weight excluding hydrogens is 204 g/mol. The van der Waals surface area contributed by atoms with Crippen molar-refractivity contribution in [1.29, 1.82) is 5.26 Å². The third kappa shape index (κ3) is 2.97. The predicted octanol–water partition coefficient (Wildman–Crippen LogP) is 0.979. The Kier molecular flexibility index (Phi) is 4.80. The predicted molar refractivity (Wildman–Crippen MR) is 61.3 cm³/mol. The first-order valence-corrected chi connectivity index (χ1v) is 5.48. The van der Waals surface area contributed by atoms with Crippen molar-refractivity contribution in [2.24, 2.45) is 7.05 Å². The smallest absolute Gasteiger partial charge is 0.230 e. The van der Waals surface area contributed by atoms with Crippen LogP contribution in [0.25, 0.3) is 0 Å². The molecular formula is C11H18N4O. The molecule has 1 rings (SSSR count). The van der Waals surface area contributed by atoms with E-state index < -0.39 is 0 Å². The topological polar surface area (TPSA) is 62.9 Å². The van der Waals surface area contributed by atoms with Gasteiger partial charge in [0.1, 0.15) is 18.2 Å². The summed E-state index contributed by atoms with van der Waals surface area (Å²) in [7, 11) is 1.78. The first-order valence-electron chi connectivity index (χ1n) is 5.48. The van der Waals surface area contributed by atoms with Crippen molar-refractivity contribution in [3.05, 3.63) is 11.3 Å². The molecule has 0 radical (unpaired) electrons. The zero-order chi connectivity index (χ0) is 12.0. The average Bonchev–Trinajstić information content (AvgIpc) is 2.53. The normalized spacial score (nSPS) is 10.1. The molecule has 1 heterocycles. The van der Waals surface area contributed by atoms with E-state index in [0.717, 1.165) is 19.5 Å². The minimum Gasteiger partial charge on any atom is -0.476 e. The largest absolute Gasteiger partial charge is 0.476 e. The SMILES string of the molecule is CCCNCCOc1c(C#N)c(C)nn1C. The van der Waals surface area contributed by atoms with Gasteiger partial charge in [-0.15, -0.1) is 0 Å². The van der Waals surface area contributed by atoms with Gasteiger partial charge in [-0.05, 0) is 19.9 Å². The number of rotatable bonds is 6. The van der Waals surface area contributed by atoms with Crippen LogP contribution in [0, 0.1) is 18.3 Å². The van der Waals surface area contributed by atoms with Crippen LogP contribution in [0.5, 0.6) is 5.88 Å². The Hall–Kier alpha value is -1.54. The quantitative estimate of drug-likeness (QED) is 0.729. The van der Waals surface area contributed by atoms with Crippen molar-refractivity contribution in [3.8, 4) is 11.9 Å². The van der Waals surface area contributed by atoms with Crippen molar-refractivity contribution in [2.45, 2.75) is 20.3 Å². The molecule has 0 spiro atoms. The Balaban J connectivity index is 2.51. The van der Waals surface area contributed by atoms with Gasteiger partial charge in [0.2, 0.25) is 5.88 Å². The second-order valence-electron chi connectivity index (χ2n) is 3.60. The molecule has 0 aliphatic carbocycles. The van der Waals surface area contributed by atoms with Gasteiger partial charge >= 0.3 is 0 Å². The lowest BCUT2D eigenvalue weighted by atomic mass is 10.3. The zero-order valence-corrected chi connectivity index (χ0v) is 10.1. The van der Waals surface area contributed by atoms with Crippen LogP contribution >= 0.6 is 0 Å². The number of aromatic nitrogens is 2. The lowest BCUT2D eigenvalue weighted by Gasteiger charge is -2.07. The molecule has 0 aliphatic heterocycles. The summed E-state index contributed by atoms with van der Waals surface area (Å²) < 4.78 is 7.15. The molecule has 0 unspecified atom stereocenters. The highest BCUT2D eigenvalue weighted by molar-refractivity contribution is 5.41. The highest BCUT2D eigenvalue weighted by Gasteiger charge is 2.13. The molecule has 1 N–H and O–H groups in total. The monoisotopic (exact) mass is 222 g/mol. The van der Waals surface area contributed by atoms with Gasteiger partial charge in [-0.3, -0.25) is 0 Å². The Morgan fingerprint density at radius 2 is 2.25 bits per heavy atom. The second-order valence-corrected chi connectivity index (χ2v) is 3.60. The van der Waals surface area contributed by atoms with E-state index in [2.05, 4.69) is 23.4 Å². The van der Waals surface area contributed by atoms with Gasteiger partial charge in [-0.1, -0.05) is 6.92 Å². The molecule has 0 saturated heterocycles. The van der Waals surface area contributed by atoms with Crippen molar-refractivity contribution in [2.75, 3.05) is 19.7 Å². The standard InChI is InChI=1S/C11H18N4O/c1-4-5-13-6-7-16-11-10(8-12)9(2)14-15(11)3/h13H,4-7H2,1-3H3. The summed E-state index contributed by atoms with van der Waals surface area (Å²) in [6.07, 6.45) is 1.11. The molecule has 0 amide bonds. The van der Waals surface area contributed by atoms with E-state index in [9.17, 15) is 0 Å². The van der Waals surface area contributed by atoms with Crippen LogP contribution in [-0.4, -0.2) is 29.5 Å². The van der Waals surface area contributed by atoms with E-state index in [0.29, 0.717) is 23.7 Å². The fraction of sp³-hybridized carbons (Fsp3) is 0.636. The first-order chi connectivity index (χ1) is 7.70. The molecule has 16 heavy (non-hydrogen) atoms. The van der Waals surface area contributed by atoms with Crippen LogP contribution in [-0.2, 0) is 7.05 Å². The van der Waals surface area contributed by atoms with E-state index in [-0.39, 0.29) is 0 Å². The third-order valence-corrected chi connectivity index (χ3v) is 2.23. The summed E-state index contributed by atoms with van der Waals surface area (Å²) in [4.78, 5) is 0. The van der Waals surface area contributed by atoms with Gasteiger partial charge in [0, 0.05) is 13.6 Å². The fourth-order valence-corrected chi connectivity index (χ4v) is 1.45. The lowest BCUT2D eigenvalue weighted by Crippen LogP contribution is -2.22. The van der Waals surface area contributed by atoms with Gasteiger partial charge in [-0.2, -0.15) is 10.4 Å². The van der Waals surface area contributed by atoms with E-state index >= 15 is 0 Å². The van der Waals surface area contributed by atoms with Gasteiger partial charge in [0.05, 0.1) is 5.69 Å². The van der Waals surface area contributed by atoms with Gasteiger partial charge in [-0.25, -0.2) is 4.68 Å². The van der Waals surface area contributed by atoms with E-state index in [4.69, 9.17) is 10.00 Å². The molecule has 0 aromatic carbocycles. The lowest BCUT2D eigenvalue weighted by molar-refractivity contribution is 0.287. The molecule has 0 saturated carbocycles. The molecule has 5 heteroatoms. The van der Waals surface area contributed by atoms with E-state index in [1.54, 1.807) is 18.7 Å². The number of nitrogens with zero attached hydrogens (tertiary/aromatic N) is 3. The summed E-state index contributed by atoms with van der Waals surface area (Å²) in [5.74, 6) is 0.554. The van der Waals surface area contributed by atoms with Crippen LogP contribution in [0.2, 0.25) is 0 Å². The summed E-state index contributed by atoms with van der Waals surface area (Å²) in [6, 6.07) is 2.11. The van der Waals surface area contributed by atoms with E-state index in [1.165, 1.54) is 0 Å². The Bertz CT molecular complexity index is 378. The Morgan fingerprint density at radius 1 is 1.50 bits per heavy atom. The van der Waals surface area contributed by atoms with Crippen LogP contribution in [0.3, 0.4) is 0 Å². The van der Waals surface area contributed by atoms with Crippen molar-refractivity contribution in [3.63, 3.8) is 0 Å². The van der Waals surface area contributed by atoms with Crippen molar-refractivity contribution in [1.82, 2.24) is 15.1 Å². The minimum absolute atomic E-state index is 0.526. The molecule has 0 bridgehead atoms. The number of ether oxygens (including phenoxy) is 1. The number of hydrogen-bond acceptors (Lipinski definition) is 4. The van der Waals surface area contributed by atoms with Crippen LogP contribution in [0.4, 0.5) is 0 Å². The minimum atomic E-state index is 0.526. The summed E-state index contributed by atoms with van der Waals surface area (Å²) in [5.41, 5.74) is 1.24. The van der Waals surface area contributed by atoms with Crippen LogP contribution < -0.4 is 10.1 Å². The first kappa shape index (κ1) is 12.5. The maximum Gasteiger partial charge on any atom is 0.230 e. The van der Waals surface area contributed by atoms with Gasteiger partial charge in [0.25, 0.3) is 0 Å². The number of hydrogen-bond donors (Lipinski definition) is 1. The van der Waals surface area contributed by atoms with Gasteiger partial charge in [0.15, 0.2) is 0 Å². The summed E-state index contributed by atoms with van der Waals surface area (Å²) in [5, 5.41) is 16.3. The molecule has 1 aromatic rings. The van der Waals surface area contributed by atoms with E-state index in [1.807, 2.05) is 0 Å². The Morgan fingerprint density at radius 3 is 2.88 bits per heavy atom. The second kappa shape index (κ2) is 6.13. The molecule has 5 nitrogen and oxygen atoms in total. The fourth-order valence-electron chi connectivity index (χ4n) is 1.45. The number of nitriles is 1. The molecule has 1 aromatic heterocycles. The average molecular weight is 222 g/mol. The molecule has 0 atom stereocenters. The van der Waals surface area contributed by atoms with Gasteiger partial charge < -0.3 is 10.1 Å². The van der Waals surface area contributed by atoms with Crippen molar-refractivity contribution < 1.29 is 4.74 Å². The summed E-state index contributed by atoms with van der Waals surface area (Å²) >= 11 is 0. The molecule has 0 fully saturated rings. The number of nitrogens with one attached hydrogen (secondary N) is 1. The van der Waals surface area contributed by atoms with Crippen molar-refractivity contribution >= 4 is 0 Å². The van der Waals surface area contributed by atoms with Crippen LogP contribution in [0.15, 0.2) is 0 Å². The number of aryl methyl sites for hydroxylation is 2. The Labute approximate surface area is 96.0 Å². The third-order valence-electron chi connectivity index (χ3n) is 2.23. The highest BCUT2D eigenvalue weighted by atomic mass is 16.5. The highest BCUT2D eigenvalue weighted by Crippen LogP contribution is 2.19. The molecule has 0 aliphatic rings. The maximum atomic E-state index is 8.95.